The number of hydrogen-bond donors (Lipinski definition) is 0. The highest BCUT2D eigenvalue weighted by Crippen LogP contribution is 2.36. The van der Waals surface area contributed by atoms with Crippen LogP contribution in [0.3, 0.4) is 0 Å². The monoisotopic (exact) mass is 483 g/mol. The van der Waals surface area contributed by atoms with Crippen molar-refractivity contribution in [2.45, 2.75) is 44.7 Å². The molecule has 2 aromatic carbocycles. The Kier molecular flexibility index (Phi) is 7.85. The fourth-order valence-electron chi connectivity index (χ4n) is 4.62. The minimum atomic E-state index is -0.399. The molecule has 4 rings (SSSR count). The molecule has 1 fully saturated rings. The number of rotatable bonds is 7. The third-order valence-electron chi connectivity index (χ3n) is 6.36. The largest absolute Gasteiger partial charge is 0.497 e. The molecule has 180 valence electrons. The topological polar surface area (TPSA) is 71.4 Å². The van der Waals surface area contributed by atoms with Gasteiger partial charge >= 0.3 is 5.97 Å². The zero-order valence-corrected chi connectivity index (χ0v) is 20.3. The molecule has 0 bridgehead atoms. The second kappa shape index (κ2) is 11.0. The maximum absolute atomic E-state index is 13.6. The standard InChI is InChI=1S/C26H30ClN3O4/c1-3-34-26(32)23-10-6-7-15-29(23)17-25(31)30-24(20-8-4-5-9-21(20)27)16-22(28-30)18-11-13-19(33-2)14-12-18/h4-5,8-9,11-14,23-24H,3,6-7,10,15-17H2,1-2H3/t23-,24+/m0/s1. The molecule has 34 heavy (non-hydrogen) atoms. The van der Waals surface area contributed by atoms with Crippen molar-refractivity contribution < 1.29 is 19.1 Å². The molecule has 0 N–H and O–H groups in total. The lowest BCUT2D eigenvalue weighted by molar-refractivity contribution is -0.152. The van der Waals surface area contributed by atoms with E-state index in [2.05, 4.69) is 0 Å². The molecular weight excluding hydrogens is 454 g/mol. The average Bonchev–Trinajstić information content (AvgIpc) is 3.30. The van der Waals surface area contributed by atoms with Crippen molar-refractivity contribution >= 4 is 29.2 Å². The highest BCUT2D eigenvalue weighted by molar-refractivity contribution is 6.31. The van der Waals surface area contributed by atoms with Gasteiger partial charge in [0.2, 0.25) is 0 Å². The molecule has 0 spiro atoms. The summed E-state index contributed by atoms with van der Waals surface area (Å²) in [6.07, 6.45) is 3.13. The Morgan fingerprint density at radius 3 is 2.59 bits per heavy atom. The molecule has 8 heteroatoms. The SMILES string of the molecule is CCOC(=O)[C@@H]1CCCCN1CC(=O)N1N=C(c2ccc(OC)cc2)C[C@@H]1c1ccccc1Cl. The number of benzene rings is 2. The second-order valence-electron chi connectivity index (χ2n) is 8.49. The van der Waals surface area contributed by atoms with E-state index >= 15 is 0 Å². The van der Waals surface area contributed by atoms with Crippen LogP contribution < -0.4 is 4.74 Å². The van der Waals surface area contributed by atoms with E-state index in [9.17, 15) is 9.59 Å². The Bertz CT molecular complexity index is 1060. The minimum absolute atomic E-state index is 0.101. The van der Waals surface area contributed by atoms with E-state index in [-0.39, 0.29) is 24.5 Å². The Morgan fingerprint density at radius 1 is 1.12 bits per heavy atom. The molecule has 0 radical (unpaired) electrons. The van der Waals surface area contributed by atoms with E-state index in [1.807, 2.05) is 53.4 Å². The van der Waals surface area contributed by atoms with Gasteiger partial charge in [-0.3, -0.25) is 14.5 Å². The summed E-state index contributed by atoms with van der Waals surface area (Å²) in [5.41, 5.74) is 2.59. The van der Waals surface area contributed by atoms with Gasteiger partial charge in [0.05, 0.1) is 32.0 Å². The van der Waals surface area contributed by atoms with E-state index in [1.165, 1.54) is 5.01 Å². The van der Waals surface area contributed by atoms with Gasteiger partial charge < -0.3 is 9.47 Å². The van der Waals surface area contributed by atoms with Gasteiger partial charge in [-0.25, -0.2) is 5.01 Å². The molecule has 0 saturated carbocycles. The van der Waals surface area contributed by atoms with Crippen LogP contribution in [0, 0.1) is 0 Å². The fraction of sp³-hybridized carbons (Fsp3) is 0.423. The predicted molar refractivity (Wildman–Crippen MR) is 131 cm³/mol. The number of nitrogens with zero attached hydrogens (tertiary/aromatic N) is 3. The number of ether oxygens (including phenoxy) is 2. The van der Waals surface area contributed by atoms with Crippen LogP contribution >= 0.6 is 11.6 Å². The first-order valence-corrected chi connectivity index (χ1v) is 12.1. The zero-order valence-electron chi connectivity index (χ0n) is 19.6. The van der Waals surface area contributed by atoms with Crippen LogP contribution in [0.2, 0.25) is 5.02 Å². The number of amides is 1. The van der Waals surface area contributed by atoms with Crippen molar-refractivity contribution in [2.24, 2.45) is 5.10 Å². The number of hydrazone groups is 1. The predicted octanol–water partition coefficient (Wildman–Crippen LogP) is 4.44. The third kappa shape index (κ3) is 5.26. The average molecular weight is 484 g/mol. The van der Waals surface area contributed by atoms with Crippen LogP contribution in [0.25, 0.3) is 0 Å². The minimum Gasteiger partial charge on any atom is -0.497 e. The summed E-state index contributed by atoms with van der Waals surface area (Å²) in [4.78, 5) is 28.0. The molecule has 2 aromatic rings. The van der Waals surface area contributed by atoms with Crippen molar-refractivity contribution in [2.75, 3.05) is 26.8 Å². The highest BCUT2D eigenvalue weighted by Gasteiger charge is 2.37. The molecule has 1 saturated heterocycles. The molecule has 2 aliphatic rings. The van der Waals surface area contributed by atoms with Crippen molar-refractivity contribution in [3.05, 3.63) is 64.7 Å². The molecule has 0 aromatic heterocycles. The number of halogens is 1. The van der Waals surface area contributed by atoms with Gasteiger partial charge in [0.15, 0.2) is 0 Å². The van der Waals surface area contributed by atoms with Gasteiger partial charge in [-0.15, -0.1) is 0 Å². The van der Waals surface area contributed by atoms with Crippen LogP contribution in [0.1, 0.15) is 49.8 Å². The van der Waals surface area contributed by atoms with Gasteiger partial charge in [0.25, 0.3) is 5.91 Å². The van der Waals surface area contributed by atoms with Crippen LogP contribution in [-0.2, 0) is 14.3 Å². The number of carbonyl (C=O) groups is 2. The third-order valence-corrected chi connectivity index (χ3v) is 6.71. The van der Waals surface area contributed by atoms with Crippen molar-refractivity contribution in [3.8, 4) is 5.75 Å². The Balaban J connectivity index is 1.60. The Labute approximate surface area is 205 Å². The Morgan fingerprint density at radius 2 is 1.88 bits per heavy atom. The fourth-order valence-corrected chi connectivity index (χ4v) is 4.88. The van der Waals surface area contributed by atoms with Gasteiger partial charge in [0.1, 0.15) is 11.8 Å². The highest BCUT2D eigenvalue weighted by atomic mass is 35.5. The van der Waals surface area contributed by atoms with Crippen LogP contribution in [-0.4, -0.2) is 60.3 Å². The first-order chi connectivity index (χ1) is 16.5. The Hall–Kier alpha value is -2.90. The molecule has 2 aliphatic heterocycles. The normalized spacial score (nSPS) is 20.7. The molecular formula is C26H30ClN3O4. The summed E-state index contributed by atoms with van der Waals surface area (Å²) in [7, 11) is 1.63. The summed E-state index contributed by atoms with van der Waals surface area (Å²) >= 11 is 6.52. The van der Waals surface area contributed by atoms with Crippen molar-refractivity contribution in [3.63, 3.8) is 0 Å². The summed E-state index contributed by atoms with van der Waals surface area (Å²) in [6.45, 7) is 2.90. The van der Waals surface area contributed by atoms with Gasteiger partial charge in [0, 0.05) is 11.4 Å². The second-order valence-corrected chi connectivity index (χ2v) is 8.90. The van der Waals surface area contributed by atoms with Gasteiger partial charge in [-0.1, -0.05) is 36.2 Å². The molecule has 7 nitrogen and oxygen atoms in total. The summed E-state index contributed by atoms with van der Waals surface area (Å²) in [6, 6.07) is 14.5. The smallest absolute Gasteiger partial charge is 0.323 e. The van der Waals surface area contributed by atoms with E-state index in [1.54, 1.807) is 14.0 Å². The lowest BCUT2D eigenvalue weighted by Gasteiger charge is -2.34. The first kappa shape index (κ1) is 24.2. The van der Waals surface area contributed by atoms with Crippen LogP contribution in [0.5, 0.6) is 5.75 Å². The number of methoxy groups -OCH3 is 1. The molecule has 1 amide bonds. The van der Waals surface area contributed by atoms with E-state index in [0.717, 1.165) is 35.4 Å². The molecule has 2 heterocycles. The van der Waals surface area contributed by atoms with Gasteiger partial charge in [-0.05, 0) is 67.8 Å². The first-order valence-electron chi connectivity index (χ1n) is 11.7. The number of carbonyl (C=O) groups excluding carboxylic acids is 2. The van der Waals surface area contributed by atoms with Gasteiger partial charge in [-0.2, -0.15) is 5.10 Å². The summed E-state index contributed by atoms with van der Waals surface area (Å²) < 4.78 is 10.5. The van der Waals surface area contributed by atoms with Crippen LogP contribution in [0.4, 0.5) is 0 Å². The maximum atomic E-state index is 13.6. The van der Waals surface area contributed by atoms with Crippen molar-refractivity contribution in [1.29, 1.82) is 0 Å². The van der Waals surface area contributed by atoms with E-state index in [0.29, 0.717) is 31.0 Å². The number of likely N-dealkylation sites (tertiary alicyclic amines) is 1. The zero-order chi connectivity index (χ0) is 24.1. The lowest BCUT2D eigenvalue weighted by atomic mass is 9.98. The summed E-state index contributed by atoms with van der Waals surface area (Å²) in [5, 5.41) is 6.88. The van der Waals surface area contributed by atoms with Crippen molar-refractivity contribution in [1.82, 2.24) is 9.91 Å². The quantitative estimate of drug-likeness (QED) is 0.544. The van der Waals surface area contributed by atoms with Crippen LogP contribution in [0.15, 0.2) is 53.6 Å². The maximum Gasteiger partial charge on any atom is 0.323 e. The molecule has 0 unspecified atom stereocenters. The van der Waals surface area contributed by atoms with E-state index < -0.39 is 6.04 Å². The number of piperidine rings is 1. The van der Waals surface area contributed by atoms with E-state index in [4.69, 9.17) is 26.2 Å². The molecule has 2 atom stereocenters. The number of esters is 1. The summed E-state index contributed by atoms with van der Waals surface area (Å²) in [5.74, 6) is 0.333. The number of hydrogen-bond acceptors (Lipinski definition) is 6. The lowest BCUT2D eigenvalue weighted by Crippen LogP contribution is -2.49. The molecule has 0 aliphatic carbocycles.